The van der Waals surface area contributed by atoms with Crippen molar-refractivity contribution in [2.45, 2.75) is 6.54 Å². The fourth-order valence-corrected chi connectivity index (χ4v) is 2.07. The molecule has 0 bridgehead atoms. The van der Waals surface area contributed by atoms with Gasteiger partial charge in [0.1, 0.15) is 5.01 Å². The van der Waals surface area contributed by atoms with Gasteiger partial charge in [-0.1, -0.05) is 0 Å². The molecule has 0 saturated heterocycles. The third-order valence-corrected chi connectivity index (χ3v) is 3.06. The number of rotatable bonds is 3. The second kappa shape index (κ2) is 5.74. The van der Waals surface area contributed by atoms with E-state index in [0.29, 0.717) is 12.2 Å². The summed E-state index contributed by atoms with van der Waals surface area (Å²) in [5, 5.41) is 8.12. The van der Waals surface area contributed by atoms with Crippen molar-refractivity contribution in [3.8, 4) is 0 Å². The Labute approximate surface area is 110 Å². The van der Waals surface area contributed by atoms with Gasteiger partial charge in [-0.3, -0.25) is 4.98 Å². The van der Waals surface area contributed by atoms with Crippen molar-refractivity contribution in [2.24, 2.45) is 0 Å². The van der Waals surface area contributed by atoms with Crippen LogP contribution >= 0.6 is 27.3 Å². The highest BCUT2D eigenvalue weighted by Gasteiger charge is 2.03. The minimum atomic E-state index is -0.278. The highest BCUT2D eigenvalue weighted by Crippen LogP contribution is 2.13. The first kappa shape index (κ1) is 12.0. The zero-order valence-corrected chi connectivity index (χ0v) is 11.1. The molecule has 0 aliphatic heterocycles. The van der Waals surface area contributed by atoms with Crippen LogP contribution in [0.3, 0.4) is 0 Å². The number of carbonyl (C=O) groups excluding carboxylic acids is 1. The van der Waals surface area contributed by atoms with Crippen LogP contribution in [0.5, 0.6) is 0 Å². The number of anilines is 1. The Morgan fingerprint density at radius 2 is 2.35 bits per heavy atom. The monoisotopic (exact) mass is 312 g/mol. The van der Waals surface area contributed by atoms with Crippen LogP contribution in [0.4, 0.5) is 10.5 Å². The van der Waals surface area contributed by atoms with E-state index < -0.39 is 0 Å². The summed E-state index contributed by atoms with van der Waals surface area (Å²) in [5.74, 6) is 0. The van der Waals surface area contributed by atoms with E-state index in [2.05, 4.69) is 36.5 Å². The van der Waals surface area contributed by atoms with Crippen molar-refractivity contribution >= 4 is 39.0 Å². The first-order valence-electron chi connectivity index (χ1n) is 4.78. The molecule has 2 aromatic heterocycles. The Kier molecular flexibility index (Phi) is 4.05. The van der Waals surface area contributed by atoms with Gasteiger partial charge in [0.15, 0.2) is 0 Å². The lowest BCUT2D eigenvalue weighted by molar-refractivity contribution is 0.251. The lowest BCUT2D eigenvalue weighted by Gasteiger charge is -2.05. The molecular formula is C10H9BrN4OS. The summed E-state index contributed by atoms with van der Waals surface area (Å²) in [6, 6.07) is 1.50. The number of halogens is 1. The molecule has 0 saturated carbocycles. The molecule has 0 aliphatic carbocycles. The fraction of sp³-hybridized carbons (Fsp3) is 0.100. The Morgan fingerprint density at radius 3 is 3.06 bits per heavy atom. The van der Waals surface area contributed by atoms with Crippen molar-refractivity contribution < 1.29 is 4.79 Å². The SMILES string of the molecule is O=C(NCc1nccs1)Nc1cncc(Br)c1. The van der Waals surface area contributed by atoms with Gasteiger partial charge in [-0.2, -0.15) is 0 Å². The van der Waals surface area contributed by atoms with E-state index in [9.17, 15) is 4.79 Å². The Balaban J connectivity index is 1.85. The molecule has 2 aromatic rings. The van der Waals surface area contributed by atoms with Crippen LogP contribution in [-0.4, -0.2) is 16.0 Å². The summed E-state index contributed by atoms with van der Waals surface area (Å²) in [6.07, 6.45) is 4.93. The first-order chi connectivity index (χ1) is 8.24. The van der Waals surface area contributed by atoms with Crippen LogP contribution in [0, 0.1) is 0 Å². The van der Waals surface area contributed by atoms with Gasteiger partial charge in [0.2, 0.25) is 0 Å². The van der Waals surface area contributed by atoms with E-state index in [1.54, 1.807) is 24.7 Å². The van der Waals surface area contributed by atoms with Crippen LogP contribution in [0.25, 0.3) is 0 Å². The van der Waals surface area contributed by atoms with E-state index >= 15 is 0 Å². The van der Waals surface area contributed by atoms with Crippen LogP contribution in [0.1, 0.15) is 5.01 Å². The number of amides is 2. The maximum absolute atomic E-state index is 11.5. The number of aromatic nitrogens is 2. The molecule has 17 heavy (non-hydrogen) atoms. The minimum absolute atomic E-state index is 0.278. The molecule has 0 aliphatic rings. The number of thiazole rings is 1. The van der Waals surface area contributed by atoms with Crippen LogP contribution in [0.15, 0.2) is 34.5 Å². The van der Waals surface area contributed by atoms with Crippen molar-refractivity contribution in [3.63, 3.8) is 0 Å². The van der Waals surface area contributed by atoms with Crippen molar-refractivity contribution in [1.82, 2.24) is 15.3 Å². The van der Waals surface area contributed by atoms with Gasteiger partial charge in [-0.05, 0) is 22.0 Å². The van der Waals surface area contributed by atoms with E-state index in [-0.39, 0.29) is 6.03 Å². The molecule has 7 heteroatoms. The summed E-state index contributed by atoms with van der Waals surface area (Å²) in [4.78, 5) is 19.5. The van der Waals surface area contributed by atoms with Crippen molar-refractivity contribution in [1.29, 1.82) is 0 Å². The molecule has 2 amide bonds. The fourth-order valence-electron chi connectivity index (χ4n) is 1.15. The summed E-state index contributed by atoms with van der Waals surface area (Å²) in [5.41, 5.74) is 0.635. The molecular weight excluding hydrogens is 304 g/mol. The Morgan fingerprint density at radius 1 is 1.47 bits per heavy atom. The van der Waals surface area contributed by atoms with Gasteiger partial charge in [-0.15, -0.1) is 11.3 Å². The number of nitrogens with one attached hydrogen (secondary N) is 2. The smallest absolute Gasteiger partial charge is 0.319 e. The predicted octanol–water partition coefficient (Wildman–Crippen LogP) is 2.62. The lowest BCUT2D eigenvalue weighted by Crippen LogP contribution is -2.28. The maximum atomic E-state index is 11.5. The van der Waals surface area contributed by atoms with Crippen molar-refractivity contribution in [2.75, 3.05) is 5.32 Å². The highest BCUT2D eigenvalue weighted by atomic mass is 79.9. The summed E-state index contributed by atoms with van der Waals surface area (Å²) in [6.45, 7) is 0.422. The molecule has 0 atom stereocenters. The predicted molar refractivity (Wildman–Crippen MR) is 69.9 cm³/mol. The number of pyridine rings is 1. The van der Waals surface area contributed by atoms with Gasteiger partial charge < -0.3 is 10.6 Å². The van der Waals surface area contributed by atoms with Gasteiger partial charge in [-0.25, -0.2) is 9.78 Å². The quantitative estimate of drug-likeness (QED) is 0.915. The molecule has 0 spiro atoms. The minimum Gasteiger partial charge on any atom is -0.331 e. The highest BCUT2D eigenvalue weighted by molar-refractivity contribution is 9.10. The lowest BCUT2D eigenvalue weighted by atomic mass is 10.4. The molecule has 0 unspecified atom stereocenters. The summed E-state index contributed by atoms with van der Waals surface area (Å²) >= 11 is 4.78. The second-order valence-electron chi connectivity index (χ2n) is 3.13. The number of urea groups is 1. The molecule has 2 rings (SSSR count). The number of nitrogens with zero attached hydrogens (tertiary/aromatic N) is 2. The van der Waals surface area contributed by atoms with Gasteiger partial charge in [0, 0.05) is 22.2 Å². The average molecular weight is 313 g/mol. The molecule has 2 N–H and O–H groups in total. The molecule has 2 heterocycles. The molecule has 88 valence electrons. The summed E-state index contributed by atoms with van der Waals surface area (Å²) < 4.78 is 0.815. The van der Waals surface area contributed by atoms with Crippen LogP contribution < -0.4 is 10.6 Å². The standard InChI is InChI=1S/C10H9BrN4OS/c11-7-3-8(5-12-4-7)15-10(16)14-6-9-13-1-2-17-9/h1-5H,6H2,(H2,14,15,16). The van der Waals surface area contributed by atoms with Crippen LogP contribution in [0.2, 0.25) is 0 Å². The topological polar surface area (TPSA) is 66.9 Å². The van der Waals surface area contributed by atoms with E-state index in [0.717, 1.165) is 9.48 Å². The van der Waals surface area contributed by atoms with E-state index in [1.807, 2.05) is 5.38 Å². The molecule has 0 fully saturated rings. The molecule has 0 radical (unpaired) electrons. The maximum Gasteiger partial charge on any atom is 0.319 e. The van der Waals surface area contributed by atoms with Gasteiger partial charge in [0.05, 0.1) is 18.4 Å². The van der Waals surface area contributed by atoms with E-state index in [4.69, 9.17) is 0 Å². The zero-order valence-electron chi connectivity index (χ0n) is 8.68. The largest absolute Gasteiger partial charge is 0.331 e. The Bertz CT molecular complexity index is 503. The molecule has 0 aromatic carbocycles. The third kappa shape index (κ3) is 3.79. The van der Waals surface area contributed by atoms with Crippen molar-refractivity contribution in [3.05, 3.63) is 39.5 Å². The zero-order chi connectivity index (χ0) is 12.1. The van der Waals surface area contributed by atoms with E-state index in [1.165, 1.54) is 11.3 Å². The average Bonchev–Trinajstić information content (AvgIpc) is 2.79. The van der Waals surface area contributed by atoms with Crippen LogP contribution in [-0.2, 0) is 6.54 Å². The number of hydrogen-bond acceptors (Lipinski definition) is 4. The third-order valence-electron chi connectivity index (χ3n) is 1.85. The second-order valence-corrected chi connectivity index (χ2v) is 5.02. The summed E-state index contributed by atoms with van der Waals surface area (Å²) in [7, 11) is 0. The van der Waals surface area contributed by atoms with Gasteiger partial charge in [0.25, 0.3) is 0 Å². The first-order valence-corrected chi connectivity index (χ1v) is 6.45. The molecule has 5 nitrogen and oxygen atoms in total. The number of hydrogen-bond donors (Lipinski definition) is 2. The Hall–Kier alpha value is -1.47. The van der Waals surface area contributed by atoms with Gasteiger partial charge >= 0.3 is 6.03 Å². The normalized spacial score (nSPS) is 9.94. The number of carbonyl (C=O) groups is 1.